The molecular formula is C36H45NO4. The molecule has 0 bridgehead atoms. The fourth-order valence-electron chi connectivity index (χ4n) is 9.96. The van der Waals surface area contributed by atoms with Crippen molar-refractivity contribution in [3.63, 3.8) is 0 Å². The van der Waals surface area contributed by atoms with Crippen molar-refractivity contribution in [2.24, 2.45) is 28.6 Å². The number of carboxylic acid groups (broad SMARTS) is 1. The average molecular weight is 556 g/mol. The van der Waals surface area contributed by atoms with Crippen molar-refractivity contribution < 1.29 is 20.1 Å². The summed E-state index contributed by atoms with van der Waals surface area (Å²) in [5.74, 6) is 2.42. The smallest absolute Gasteiger partial charge is 0.290 e. The Morgan fingerprint density at radius 2 is 1.73 bits per heavy atom. The molecule has 1 heterocycles. The lowest BCUT2D eigenvalue weighted by molar-refractivity contribution is -0.122. The van der Waals surface area contributed by atoms with Gasteiger partial charge in [-0.3, -0.25) is 4.79 Å². The summed E-state index contributed by atoms with van der Waals surface area (Å²) in [6, 6.07) is 10.5. The van der Waals surface area contributed by atoms with E-state index in [0.717, 1.165) is 29.3 Å². The van der Waals surface area contributed by atoms with Crippen LogP contribution in [-0.4, -0.2) is 26.8 Å². The molecule has 2 aromatic carbocycles. The van der Waals surface area contributed by atoms with Crippen LogP contribution in [0.3, 0.4) is 0 Å². The lowest BCUT2D eigenvalue weighted by Gasteiger charge is -2.64. The summed E-state index contributed by atoms with van der Waals surface area (Å²) in [5, 5.41) is 29.9. The van der Waals surface area contributed by atoms with Gasteiger partial charge >= 0.3 is 0 Å². The Hall–Kier alpha value is -3.21. The molecule has 7 rings (SSSR count). The number of phenolic OH excluding ortho intramolecular Hbond substituents is 2. The number of aromatic nitrogens is 1. The molecule has 7 atom stereocenters. The van der Waals surface area contributed by atoms with E-state index in [1.54, 1.807) is 5.57 Å². The third-order valence-electron chi connectivity index (χ3n) is 12.2. The van der Waals surface area contributed by atoms with Gasteiger partial charge < -0.3 is 20.3 Å². The van der Waals surface area contributed by atoms with Crippen molar-refractivity contribution in [2.75, 3.05) is 0 Å². The summed E-state index contributed by atoms with van der Waals surface area (Å²) in [6.45, 7) is 11.8. The van der Waals surface area contributed by atoms with Gasteiger partial charge in [0.05, 0.1) is 0 Å². The number of para-hydroxylation sites is 1. The highest BCUT2D eigenvalue weighted by molar-refractivity contribution is 5.85. The van der Waals surface area contributed by atoms with Gasteiger partial charge in [-0.05, 0) is 108 Å². The second-order valence-corrected chi connectivity index (χ2v) is 14.3. The molecule has 0 aliphatic heterocycles. The van der Waals surface area contributed by atoms with Gasteiger partial charge in [0.1, 0.15) is 0 Å². The molecule has 0 radical (unpaired) electrons. The second-order valence-electron chi connectivity index (χ2n) is 14.3. The Morgan fingerprint density at radius 1 is 1.00 bits per heavy atom. The van der Waals surface area contributed by atoms with E-state index < -0.39 is 0 Å². The fraction of sp³-hybridized carbons (Fsp3) is 0.528. The molecule has 218 valence electrons. The molecule has 4 aliphatic rings. The zero-order chi connectivity index (χ0) is 29.3. The first-order valence-electron chi connectivity index (χ1n) is 15.4. The summed E-state index contributed by atoms with van der Waals surface area (Å²) >= 11 is 0. The van der Waals surface area contributed by atoms with Crippen LogP contribution >= 0.6 is 0 Å². The summed E-state index contributed by atoms with van der Waals surface area (Å²) in [6.07, 6.45) is 13.8. The predicted octanol–water partition coefficient (Wildman–Crippen LogP) is 8.57. The normalized spacial score (nSPS) is 35.6. The molecule has 0 spiro atoms. The predicted molar refractivity (Wildman–Crippen MR) is 163 cm³/mol. The Morgan fingerprint density at radius 3 is 2.49 bits per heavy atom. The van der Waals surface area contributed by atoms with E-state index in [0.29, 0.717) is 11.3 Å². The summed E-state index contributed by atoms with van der Waals surface area (Å²) in [5.41, 5.74) is 7.73. The first-order chi connectivity index (χ1) is 19.5. The number of hydrogen-bond acceptors (Lipinski definition) is 3. The molecule has 1 aromatic heterocycles. The monoisotopic (exact) mass is 555 g/mol. The number of H-pyrrole nitrogens is 1. The van der Waals surface area contributed by atoms with Crippen LogP contribution in [0.2, 0.25) is 0 Å². The Bertz CT molecular complexity index is 1540. The van der Waals surface area contributed by atoms with E-state index in [4.69, 9.17) is 9.90 Å². The summed E-state index contributed by atoms with van der Waals surface area (Å²) < 4.78 is 0. The van der Waals surface area contributed by atoms with Gasteiger partial charge in [0.25, 0.3) is 6.47 Å². The van der Waals surface area contributed by atoms with Gasteiger partial charge in [0.15, 0.2) is 11.5 Å². The minimum Gasteiger partial charge on any atom is -0.504 e. The van der Waals surface area contributed by atoms with Crippen LogP contribution in [0.25, 0.3) is 10.9 Å². The van der Waals surface area contributed by atoms with E-state index in [9.17, 15) is 10.2 Å². The summed E-state index contributed by atoms with van der Waals surface area (Å²) in [7, 11) is 0. The highest BCUT2D eigenvalue weighted by atomic mass is 16.3. The number of fused-ring (bicyclic) bond motifs is 8. The molecule has 5 heteroatoms. The zero-order valence-electron chi connectivity index (χ0n) is 25.1. The molecule has 0 amide bonds. The van der Waals surface area contributed by atoms with Gasteiger partial charge in [0.2, 0.25) is 0 Å². The maximum absolute atomic E-state index is 10.9. The van der Waals surface area contributed by atoms with E-state index in [1.807, 2.05) is 13.0 Å². The molecule has 4 N–H and O–H groups in total. The number of aromatic amines is 1. The quantitative estimate of drug-likeness (QED) is 0.137. The maximum atomic E-state index is 10.9. The highest BCUT2D eigenvalue weighted by Gasteiger charge is 2.60. The standard InChI is InChI=1S/C35H43NO2.CH2O2/c1-20-10-12-33(3)14-15-35(5)25(26(33)16-20)11-13-34(4)27-18-29(37)32(38)21(2)31(27)23(17-30(34)35)24-19-36-28-9-7-6-8-22(24)28;2-1-3/h6-9,17-20,23,25-26,36-38H,10-16H2,1-5H3;1H,(H,2,3). The summed E-state index contributed by atoms with van der Waals surface area (Å²) in [4.78, 5) is 11.9. The molecule has 41 heavy (non-hydrogen) atoms. The number of nitrogens with one attached hydrogen (secondary N) is 1. The van der Waals surface area contributed by atoms with Crippen LogP contribution in [-0.2, 0) is 10.2 Å². The number of allylic oxidation sites excluding steroid dienone is 2. The third-order valence-corrected chi connectivity index (χ3v) is 12.2. The fourth-order valence-corrected chi connectivity index (χ4v) is 9.96. The molecule has 3 saturated carbocycles. The molecule has 3 aromatic rings. The third kappa shape index (κ3) is 3.98. The molecule has 3 fully saturated rings. The van der Waals surface area contributed by atoms with E-state index in [2.05, 4.69) is 69.2 Å². The van der Waals surface area contributed by atoms with Gasteiger partial charge in [-0.1, -0.05) is 64.0 Å². The van der Waals surface area contributed by atoms with Gasteiger partial charge in [-0.15, -0.1) is 0 Å². The Labute approximate surface area is 243 Å². The van der Waals surface area contributed by atoms with Crippen molar-refractivity contribution in [3.8, 4) is 11.5 Å². The van der Waals surface area contributed by atoms with Crippen molar-refractivity contribution >= 4 is 17.4 Å². The number of rotatable bonds is 1. The van der Waals surface area contributed by atoms with Crippen LogP contribution in [0.1, 0.15) is 101 Å². The number of carbonyl (C=O) groups is 1. The highest BCUT2D eigenvalue weighted by Crippen LogP contribution is 2.69. The Balaban J connectivity index is 0.000000967. The van der Waals surface area contributed by atoms with Gasteiger partial charge in [-0.2, -0.15) is 0 Å². The topological polar surface area (TPSA) is 93.5 Å². The molecule has 7 unspecified atom stereocenters. The van der Waals surface area contributed by atoms with E-state index >= 15 is 0 Å². The van der Waals surface area contributed by atoms with E-state index in [1.165, 1.54) is 60.6 Å². The lowest BCUT2D eigenvalue weighted by atomic mass is 9.40. The first kappa shape index (κ1) is 27.9. The molecule has 0 saturated heterocycles. The van der Waals surface area contributed by atoms with Crippen molar-refractivity contribution in [2.45, 2.75) is 90.9 Å². The maximum Gasteiger partial charge on any atom is 0.290 e. The van der Waals surface area contributed by atoms with Gasteiger partial charge in [-0.25, -0.2) is 0 Å². The van der Waals surface area contributed by atoms with Gasteiger partial charge in [0, 0.05) is 28.4 Å². The molecule has 4 aliphatic carbocycles. The van der Waals surface area contributed by atoms with Crippen molar-refractivity contribution in [1.29, 1.82) is 0 Å². The van der Waals surface area contributed by atoms with Crippen LogP contribution < -0.4 is 0 Å². The minimum absolute atomic E-state index is 0.0194. The van der Waals surface area contributed by atoms with Crippen molar-refractivity contribution in [1.82, 2.24) is 4.98 Å². The van der Waals surface area contributed by atoms with Crippen LogP contribution in [0.15, 0.2) is 48.2 Å². The average Bonchev–Trinajstić information content (AvgIpc) is 3.37. The zero-order valence-corrected chi connectivity index (χ0v) is 25.1. The number of aromatic hydroxyl groups is 2. The minimum atomic E-state index is -0.250. The van der Waals surface area contributed by atoms with Crippen molar-refractivity contribution in [3.05, 3.63) is 70.4 Å². The lowest BCUT2D eigenvalue weighted by Crippen LogP contribution is -2.56. The first-order valence-corrected chi connectivity index (χ1v) is 15.4. The Kier molecular flexibility index (Phi) is 6.59. The SMILES string of the molecule is Cc1c(O)c(O)cc2c1C(c1c[nH]c3ccccc13)C=C1C2(C)CCC2C3CC(C)CCC3(C)CCC12C.O=CO. The number of hydrogen-bond donors (Lipinski definition) is 4. The number of benzene rings is 2. The van der Waals surface area contributed by atoms with Crippen LogP contribution in [0, 0.1) is 35.5 Å². The van der Waals surface area contributed by atoms with E-state index in [-0.39, 0.29) is 34.7 Å². The van der Waals surface area contributed by atoms with Crippen LogP contribution in [0.5, 0.6) is 11.5 Å². The molecule has 5 nitrogen and oxygen atoms in total. The largest absolute Gasteiger partial charge is 0.504 e. The van der Waals surface area contributed by atoms with Crippen LogP contribution in [0.4, 0.5) is 0 Å². The second kappa shape index (κ2) is 9.68. The number of phenols is 2. The molecular weight excluding hydrogens is 510 g/mol.